The van der Waals surface area contributed by atoms with Crippen LogP contribution >= 0.6 is 23.7 Å². The van der Waals surface area contributed by atoms with Gasteiger partial charge in [-0.1, -0.05) is 11.3 Å². The molecule has 1 rings (SSSR count). The predicted molar refractivity (Wildman–Crippen MR) is 76.7 cm³/mol. The number of likely N-dealkylation sites (N-methyl/N-ethyl adjacent to an activating group) is 2. The Balaban J connectivity index is 0.00000289. The number of hydrogen-bond donors (Lipinski definition) is 1. The number of nitrogens with one attached hydrogen (secondary N) is 1. The molecule has 0 fully saturated rings. The average molecular weight is 294 g/mol. The zero-order valence-corrected chi connectivity index (χ0v) is 12.6. The highest BCUT2D eigenvalue weighted by Gasteiger charge is 2.10. The second-order valence-electron chi connectivity index (χ2n) is 3.96. The second kappa shape index (κ2) is 8.29. The van der Waals surface area contributed by atoms with Crippen molar-refractivity contribution in [2.45, 2.75) is 19.9 Å². The van der Waals surface area contributed by atoms with Gasteiger partial charge in [-0.25, -0.2) is 0 Å². The Morgan fingerprint density at radius 3 is 2.72 bits per heavy atom. The third-order valence-electron chi connectivity index (χ3n) is 2.65. The lowest BCUT2D eigenvalue weighted by Gasteiger charge is -2.17. The Morgan fingerprint density at radius 2 is 2.22 bits per heavy atom. The van der Waals surface area contributed by atoms with E-state index in [1.165, 1.54) is 11.3 Å². The second-order valence-corrected chi connectivity index (χ2v) is 4.78. The molecule has 0 aliphatic heterocycles. The van der Waals surface area contributed by atoms with Gasteiger partial charge in [-0.3, -0.25) is 9.59 Å². The molecule has 0 spiro atoms. The summed E-state index contributed by atoms with van der Waals surface area (Å²) in [6, 6.07) is 0. The molecule has 7 heteroatoms. The molecule has 0 atom stereocenters. The van der Waals surface area contributed by atoms with Crippen molar-refractivity contribution >= 4 is 29.7 Å². The molecule has 104 valence electrons. The Morgan fingerprint density at radius 1 is 1.56 bits per heavy atom. The molecule has 0 aliphatic carbocycles. The van der Waals surface area contributed by atoms with Crippen molar-refractivity contribution in [1.82, 2.24) is 14.8 Å². The molecular weight excluding hydrogens is 274 g/mol. The average Bonchev–Trinajstić information content (AvgIpc) is 2.63. The highest BCUT2D eigenvalue weighted by atomic mass is 35.5. The topological polar surface area (TPSA) is 54.3 Å². The lowest BCUT2D eigenvalue weighted by molar-refractivity contribution is -0.130. The quantitative estimate of drug-likeness (QED) is 0.840. The van der Waals surface area contributed by atoms with Crippen molar-refractivity contribution < 1.29 is 4.79 Å². The highest BCUT2D eigenvalue weighted by Crippen LogP contribution is 2.01. The normalized spacial score (nSPS) is 9.94. The van der Waals surface area contributed by atoms with E-state index in [9.17, 15) is 9.59 Å². The maximum atomic E-state index is 11.8. The van der Waals surface area contributed by atoms with Gasteiger partial charge < -0.3 is 14.8 Å². The summed E-state index contributed by atoms with van der Waals surface area (Å²) in [5.74, 6) is 0.0674. The van der Waals surface area contributed by atoms with E-state index in [1.807, 2.05) is 19.4 Å². The van der Waals surface area contributed by atoms with Crippen LogP contribution in [0.15, 0.2) is 10.2 Å². The number of rotatable bonds is 6. The third-order valence-corrected chi connectivity index (χ3v) is 3.53. The van der Waals surface area contributed by atoms with Crippen molar-refractivity contribution in [3.63, 3.8) is 0 Å². The van der Waals surface area contributed by atoms with Gasteiger partial charge >= 0.3 is 4.87 Å². The summed E-state index contributed by atoms with van der Waals surface area (Å²) < 4.78 is 1.65. The van der Waals surface area contributed by atoms with Crippen molar-refractivity contribution in [2.75, 3.05) is 27.2 Å². The summed E-state index contributed by atoms with van der Waals surface area (Å²) in [7, 11) is 3.63. The van der Waals surface area contributed by atoms with Crippen LogP contribution in [0.25, 0.3) is 0 Å². The number of carbonyl (C=O) groups excluding carboxylic acids is 1. The van der Waals surface area contributed by atoms with Crippen LogP contribution in [0.2, 0.25) is 0 Å². The molecule has 18 heavy (non-hydrogen) atoms. The zero-order chi connectivity index (χ0) is 12.8. The molecule has 1 aromatic heterocycles. The third kappa shape index (κ3) is 4.80. The summed E-state index contributed by atoms with van der Waals surface area (Å²) in [5, 5.41) is 4.81. The predicted octanol–water partition coefficient (Wildman–Crippen LogP) is 0.708. The fraction of sp³-hybridized carbons (Fsp3) is 0.636. The molecular formula is C11H20ClN3O2S. The summed E-state index contributed by atoms with van der Waals surface area (Å²) in [5.41, 5.74) is 0.922. The molecule has 0 bridgehead atoms. The van der Waals surface area contributed by atoms with Gasteiger partial charge in [-0.05, 0) is 14.0 Å². The number of thiazole rings is 1. The van der Waals surface area contributed by atoms with E-state index >= 15 is 0 Å². The van der Waals surface area contributed by atoms with Gasteiger partial charge in [-0.15, -0.1) is 12.4 Å². The minimum absolute atomic E-state index is 0. The van der Waals surface area contributed by atoms with Crippen LogP contribution in [0.1, 0.15) is 12.1 Å². The fourth-order valence-electron chi connectivity index (χ4n) is 1.48. The Bertz CT molecular complexity index is 430. The molecule has 0 aliphatic rings. The van der Waals surface area contributed by atoms with Gasteiger partial charge in [0.15, 0.2) is 0 Å². The number of nitrogens with zero attached hydrogens (tertiary/aromatic N) is 2. The Hall–Kier alpha value is -0.850. The smallest absolute Gasteiger partial charge is 0.307 e. The van der Waals surface area contributed by atoms with Gasteiger partial charge in [0.2, 0.25) is 5.91 Å². The fourth-order valence-corrected chi connectivity index (χ4v) is 2.24. The number of hydrogen-bond acceptors (Lipinski definition) is 4. The summed E-state index contributed by atoms with van der Waals surface area (Å²) in [6.45, 7) is 3.82. The Kier molecular flexibility index (Phi) is 7.90. The SMILES string of the molecule is CNCCN(C)C(=O)CCn1c(C)csc1=O.Cl. The first-order valence-corrected chi connectivity index (χ1v) is 6.47. The van der Waals surface area contributed by atoms with Crippen LogP contribution in [0.3, 0.4) is 0 Å². The molecule has 1 amide bonds. The largest absolute Gasteiger partial charge is 0.344 e. The standard InChI is InChI=1S/C11H19N3O2S.ClH/c1-9-8-17-11(16)14(9)6-4-10(15)13(3)7-5-12-2;/h8,12H,4-7H2,1-3H3;1H. The van der Waals surface area contributed by atoms with E-state index in [0.717, 1.165) is 12.2 Å². The first-order chi connectivity index (χ1) is 8.06. The molecule has 0 saturated heterocycles. The molecule has 0 radical (unpaired) electrons. The van der Waals surface area contributed by atoms with E-state index in [2.05, 4.69) is 5.32 Å². The molecule has 1 heterocycles. The van der Waals surface area contributed by atoms with Crippen LogP contribution < -0.4 is 10.2 Å². The summed E-state index contributed by atoms with van der Waals surface area (Å²) in [6.07, 6.45) is 0.373. The minimum Gasteiger partial charge on any atom is -0.344 e. The summed E-state index contributed by atoms with van der Waals surface area (Å²) in [4.78, 5) is 24.9. The molecule has 0 unspecified atom stereocenters. The number of amides is 1. The van der Waals surface area contributed by atoms with Gasteiger partial charge in [0.1, 0.15) is 0 Å². The minimum atomic E-state index is 0. The van der Waals surface area contributed by atoms with Crippen LogP contribution in [0.4, 0.5) is 0 Å². The lowest BCUT2D eigenvalue weighted by Crippen LogP contribution is -2.33. The van der Waals surface area contributed by atoms with E-state index < -0.39 is 0 Å². The molecule has 5 nitrogen and oxygen atoms in total. The number of halogens is 1. The van der Waals surface area contributed by atoms with Gasteiger partial charge in [0, 0.05) is 44.2 Å². The van der Waals surface area contributed by atoms with Crippen LogP contribution in [0.5, 0.6) is 0 Å². The Labute approximate surface area is 117 Å². The summed E-state index contributed by atoms with van der Waals surface area (Å²) >= 11 is 1.18. The van der Waals surface area contributed by atoms with Crippen molar-refractivity contribution in [3.05, 3.63) is 20.7 Å². The van der Waals surface area contributed by atoms with Crippen molar-refractivity contribution in [2.24, 2.45) is 0 Å². The maximum absolute atomic E-state index is 11.8. The lowest BCUT2D eigenvalue weighted by atomic mass is 10.3. The maximum Gasteiger partial charge on any atom is 0.307 e. The number of aryl methyl sites for hydroxylation is 1. The monoisotopic (exact) mass is 293 g/mol. The van der Waals surface area contributed by atoms with Crippen molar-refractivity contribution in [1.29, 1.82) is 0 Å². The van der Waals surface area contributed by atoms with Gasteiger partial charge in [0.05, 0.1) is 0 Å². The number of aromatic nitrogens is 1. The first kappa shape index (κ1) is 17.2. The van der Waals surface area contributed by atoms with Crippen molar-refractivity contribution in [3.8, 4) is 0 Å². The molecule has 0 saturated carbocycles. The molecule has 0 aromatic carbocycles. The van der Waals surface area contributed by atoms with E-state index in [1.54, 1.807) is 16.5 Å². The van der Waals surface area contributed by atoms with Gasteiger partial charge in [-0.2, -0.15) is 0 Å². The van der Waals surface area contributed by atoms with Crippen LogP contribution in [0, 0.1) is 6.92 Å². The van der Waals surface area contributed by atoms with E-state index in [4.69, 9.17) is 0 Å². The number of carbonyl (C=O) groups is 1. The van der Waals surface area contributed by atoms with E-state index in [-0.39, 0.29) is 23.2 Å². The molecule has 1 aromatic rings. The first-order valence-electron chi connectivity index (χ1n) is 5.59. The highest BCUT2D eigenvalue weighted by molar-refractivity contribution is 7.07. The van der Waals surface area contributed by atoms with E-state index in [0.29, 0.717) is 19.5 Å². The zero-order valence-electron chi connectivity index (χ0n) is 10.9. The van der Waals surface area contributed by atoms with Crippen LogP contribution in [-0.2, 0) is 11.3 Å². The molecule has 1 N–H and O–H groups in total. The van der Waals surface area contributed by atoms with Gasteiger partial charge in [0.25, 0.3) is 0 Å². The van der Waals surface area contributed by atoms with Crippen LogP contribution in [-0.4, -0.2) is 42.6 Å².